The van der Waals surface area contributed by atoms with E-state index < -0.39 is 0 Å². The van der Waals surface area contributed by atoms with Crippen LogP contribution < -0.4 is 0 Å². The predicted molar refractivity (Wildman–Crippen MR) is 48.6 cm³/mol. The average Bonchev–Trinajstić information content (AvgIpc) is 1.62. The Morgan fingerprint density at radius 3 is 1.00 bits per heavy atom. The molecule has 0 N–H and O–H groups in total. The summed E-state index contributed by atoms with van der Waals surface area (Å²) < 4.78 is 0. The van der Waals surface area contributed by atoms with E-state index in [9.17, 15) is 0 Å². The van der Waals surface area contributed by atoms with Crippen molar-refractivity contribution in [3.05, 3.63) is 21.6 Å². The number of rotatable bonds is 0. The fraction of sp³-hybridized carbons (Fsp3) is 0. The van der Waals surface area contributed by atoms with Gasteiger partial charge in [0, 0.05) is 0 Å². The van der Waals surface area contributed by atoms with Crippen molar-refractivity contribution in [2.45, 2.75) is 0 Å². The largest absolute Gasteiger partial charge is 0.0606 e. The molecule has 0 radical (unpaired) electrons. The van der Waals surface area contributed by atoms with Crippen LogP contribution in [0, 0.1) is 0 Å². The lowest BCUT2D eigenvalue weighted by molar-refractivity contribution is 2.56. The third-order valence-corrected chi connectivity index (χ3v) is 4.00. The third-order valence-electron chi connectivity index (χ3n) is 0.444. The van der Waals surface area contributed by atoms with E-state index in [0.29, 0.717) is 0 Å². The SMILES string of the molecule is C1=CSSC=CSS1. The maximum Gasteiger partial charge on any atom is -0.0106 e. The molecule has 0 aromatic carbocycles. The molecule has 1 rings (SSSR count). The summed E-state index contributed by atoms with van der Waals surface area (Å²) in [6.45, 7) is 0. The molecule has 0 bridgehead atoms. The van der Waals surface area contributed by atoms with Gasteiger partial charge in [-0.05, 0) is 21.6 Å². The molecule has 0 nitrogen and oxygen atoms in total. The van der Waals surface area contributed by atoms with E-state index in [1.54, 1.807) is 43.2 Å². The lowest BCUT2D eigenvalue weighted by Crippen LogP contribution is -1.46. The summed E-state index contributed by atoms with van der Waals surface area (Å²) in [5.74, 6) is 0. The van der Waals surface area contributed by atoms with E-state index in [-0.39, 0.29) is 0 Å². The van der Waals surface area contributed by atoms with Crippen molar-refractivity contribution < 1.29 is 0 Å². The topological polar surface area (TPSA) is 0 Å². The minimum atomic E-state index is 1.74. The number of hydrogen-bond donors (Lipinski definition) is 0. The van der Waals surface area contributed by atoms with Gasteiger partial charge in [-0.15, -0.1) is 0 Å². The molecule has 4 heteroatoms. The van der Waals surface area contributed by atoms with Crippen LogP contribution in [-0.4, -0.2) is 0 Å². The lowest BCUT2D eigenvalue weighted by Gasteiger charge is -1.90. The first-order valence-corrected chi connectivity index (χ1v) is 6.50. The first-order chi connectivity index (χ1) is 4.00. The molecule has 0 aromatic heterocycles. The summed E-state index contributed by atoms with van der Waals surface area (Å²) in [7, 11) is 6.98. The first-order valence-electron chi connectivity index (χ1n) is 1.94. The number of hydrogen-bond acceptors (Lipinski definition) is 4. The molecule has 0 fully saturated rings. The van der Waals surface area contributed by atoms with Crippen molar-refractivity contribution in [3.63, 3.8) is 0 Å². The Morgan fingerprint density at radius 1 is 0.500 bits per heavy atom. The molecule has 0 spiro atoms. The van der Waals surface area contributed by atoms with E-state index in [2.05, 4.69) is 21.6 Å². The predicted octanol–water partition coefficient (Wildman–Crippen LogP) is 3.71. The summed E-state index contributed by atoms with van der Waals surface area (Å²) in [4.78, 5) is 0. The molecule has 0 saturated heterocycles. The van der Waals surface area contributed by atoms with Gasteiger partial charge in [0.15, 0.2) is 0 Å². The lowest BCUT2D eigenvalue weighted by atomic mass is 11.3. The molecule has 0 amide bonds. The minimum absolute atomic E-state index is 1.74. The van der Waals surface area contributed by atoms with Gasteiger partial charge in [0.25, 0.3) is 0 Å². The molecule has 0 aliphatic carbocycles. The second-order valence-electron chi connectivity index (χ2n) is 0.929. The van der Waals surface area contributed by atoms with Gasteiger partial charge in [0.2, 0.25) is 0 Å². The quantitative estimate of drug-likeness (QED) is 0.521. The maximum atomic E-state index is 2.09. The van der Waals surface area contributed by atoms with Crippen molar-refractivity contribution >= 4 is 43.2 Å². The molecular weight excluding hydrogens is 176 g/mol. The highest BCUT2D eigenvalue weighted by atomic mass is 33.1. The Bertz CT molecular complexity index is 80.6. The molecule has 0 unspecified atom stereocenters. The van der Waals surface area contributed by atoms with Crippen LogP contribution in [0.3, 0.4) is 0 Å². The highest BCUT2D eigenvalue weighted by Crippen LogP contribution is 2.33. The van der Waals surface area contributed by atoms with Crippen LogP contribution in [0.15, 0.2) is 21.6 Å². The van der Waals surface area contributed by atoms with E-state index in [1.165, 1.54) is 0 Å². The van der Waals surface area contributed by atoms with Gasteiger partial charge in [-0.2, -0.15) is 0 Å². The smallest absolute Gasteiger partial charge is 0.0106 e. The zero-order chi connectivity index (χ0) is 5.66. The van der Waals surface area contributed by atoms with Crippen molar-refractivity contribution in [2.75, 3.05) is 0 Å². The molecular formula is C4H4S4. The van der Waals surface area contributed by atoms with Crippen LogP contribution >= 0.6 is 43.2 Å². The fourth-order valence-corrected chi connectivity index (χ4v) is 3.60. The van der Waals surface area contributed by atoms with Crippen molar-refractivity contribution in [3.8, 4) is 0 Å². The molecule has 8 heavy (non-hydrogen) atoms. The Labute approximate surface area is 64.7 Å². The summed E-state index contributed by atoms with van der Waals surface area (Å²) in [5.41, 5.74) is 0. The molecule has 1 aliphatic heterocycles. The zero-order valence-electron chi connectivity index (χ0n) is 3.94. The van der Waals surface area contributed by atoms with Crippen LogP contribution in [0.25, 0.3) is 0 Å². The average molecular weight is 180 g/mol. The van der Waals surface area contributed by atoms with E-state index in [1.807, 2.05) is 0 Å². The molecule has 0 atom stereocenters. The summed E-state index contributed by atoms with van der Waals surface area (Å²) in [6.07, 6.45) is 0. The zero-order valence-corrected chi connectivity index (χ0v) is 7.21. The summed E-state index contributed by atoms with van der Waals surface area (Å²) in [6, 6.07) is 0. The van der Waals surface area contributed by atoms with Crippen molar-refractivity contribution in [2.24, 2.45) is 0 Å². The fourth-order valence-electron chi connectivity index (χ4n) is 0.219. The van der Waals surface area contributed by atoms with Crippen molar-refractivity contribution in [1.82, 2.24) is 0 Å². The van der Waals surface area contributed by atoms with Crippen molar-refractivity contribution in [1.29, 1.82) is 0 Å². The highest BCUT2D eigenvalue weighted by Gasteiger charge is 1.83. The Balaban J connectivity index is 2.29. The molecule has 1 aliphatic rings. The Hall–Kier alpha value is 0.880. The maximum absolute atomic E-state index is 2.09. The highest BCUT2D eigenvalue weighted by molar-refractivity contribution is 8.81. The van der Waals surface area contributed by atoms with E-state index in [0.717, 1.165) is 0 Å². The second kappa shape index (κ2) is 4.73. The van der Waals surface area contributed by atoms with Crippen LogP contribution in [0.1, 0.15) is 0 Å². The van der Waals surface area contributed by atoms with Gasteiger partial charge in [0.05, 0.1) is 0 Å². The summed E-state index contributed by atoms with van der Waals surface area (Å²) in [5, 5.41) is 8.36. The van der Waals surface area contributed by atoms with Crippen LogP contribution in [0.2, 0.25) is 0 Å². The van der Waals surface area contributed by atoms with Gasteiger partial charge < -0.3 is 0 Å². The Kier molecular flexibility index (Phi) is 4.13. The Morgan fingerprint density at radius 2 is 0.750 bits per heavy atom. The molecule has 44 valence electrons. The van der Waals surface area contributed by atoms with Gasteiger partial charge >= 0.3 is 0 Å². The normalized spacial score (nSPS) is 20.0. The summed E-state index contributed by atoms with van der Waals surface area (Å²) >= 11 is 0. The minimum Gasteiger partial charge on any atom is -0.0606 e. The monoisotopic (exact) mass is 180 g/mol. The van der Waals surface area contributed by atoms with E-state index >= 15 is 0 Å². The second-order valence-corrected chi connectivity index (χ2v) is 5.10. The first kappa shape index (κ1) is 6.99. The van der Waals surface area contributed by atoms with Gasteiger partial charge in [-0.1, -0.05) is 43.2 Å². The van der Waals surface area contributed by atoms with Gasteiger partial charge in [0.1, 0.15) is 0 Å². The third kappa shape index (κ3) is 3.02. The van der Waals surface area contributed by atoms with Gasteiger partial charge in [-0.3, -0.25) is 0 Å². The van der Waals surface area contributed by atoms with Crippen LogP contribution in [0.5, 0.6) is 0 Å². The van der Waals surface area contributed by atoms with Crippen LogP contribution in [-0.2, 0) is 0 Å². The molecule has 0 saturated carbocycles. The molecule has 1 heterocycles. The van der Waals surface area contributed by atoms with Gasteiger partial charge in [-0.25, -0.2) is 0 Å². The van der Waals surface area contributed by atoms with E-state index in [4.69, 9.17) is 0 Å². The standard InChI is InChI=1S/C4H4S4/c1-2-6-8-4-3-7-5-1/h1-4H. The van der Waals surface area contributed by atoms with Crippen LogP contribution in [0.4, 0.5) is 0 Å². The molecule has 0 aromatic rings.